The van der Waals surface area contributed by atoms with Crippen molar-refractivity contribution >= 4 is 29.4 Å². The molecule has 9 heteroatoms. The van der Waals surface area contributed by atoms with Crippen LogP contribution in [0.4, 0.5) is 0 Å². The van der Waals surface area contributed by atoms with Gasteiger partial charge >= 0.3 is 0 Å². The molecule has 202 valence electrons. The van der Waals surface area contributed by atoms with Crippen LogP contribution in [0.15, 0.2) is 0 Å². The Kier molecular flexibility index (Phi) is 16.7. The molecule has 35 heavy (non-hydrogen) atoms. The van der Waals surface area contributed by atoms with E-state index in [9.17, 15) is 24.0 Å². The third-order valence-corrected chi connectivity index (χ3v) is 5.31. The highest BCUT2D eigenvalue weighted by Crippen LogP contribution is 2.33. The molecule has 1 heterocycles. The van der Waals surface area contributed by atoms with Crippen LogP contribution in [0, 0.1) is 11.8 Å². The number of nitrogens with one attached hydrogen (secondary N) is 2. The Balaban J connectivity index is 0.00000125. The zero-order chi connectivity index (χ0) is 27.0. The minimum Gasteiger partial charge on any atom is -0.363 e. The van der Waals surface area contributed by atoms with Gasteiger partial charge < -0.3 is 21.3 Å². The number of primary amides is 1. The molecule has 9 nitrogen and oxygen atoms in total. The number of likely N-dealkylation sites (tertiary alicyclic amines) is 1. The van der Waals surface area contributed by atoms with E-state index in [4.69, 9.17) is 5.73 Å². The summed E-state index contributed by atoms with van der Waals surface area (Å²) in [6, 6.07) is -1.66. The van der Waals surface area contributed by atoms with Crippen LogP contribution in [-0.4, -0.2) is 59.5 Å². The Labute approximate surface area is 211 Å². The average molecular weight is 497 g/mol. The van der Waals surface area contributed by atoms with Crippen molar-refractivity contribution in [2.24, 2.45) is 17.6 Å². The fourth-order valence-electron chi connectivity index (χ4n) is 3.16. The van der Waals surface area contributed by atoms with Gasteiger partial charge in [-0.2, -0.15) is 0 Å². The van der Waals surface area contributed by atoms with E-state index in [1.54, 1.807) is 13.8 Å². The van der Waals surface area contributed by atoms with Crippen molar-refractivity contribution in [3.63, 3.8) is 0 Å². The summed E-state index contributed by atoms with van der Waals surface area (Å²) in [5, 5.41) is 5.16. The molecule has 2 atom stereocenters. The maximum Gasteiger partial charge on any atom is 0.287 e. The summed E-state index contributed by atoms with van der Waals surface area (Å²) in [5.74, 6) is -2.85. The molecule has 0 bridgehead atoms. The molecular formula is C26H48N4O5. The Hall–Kier alpha value is -2.45. The van der Waals surface area contributed by atoms with Gasteiger partial charge in [-0.05, 0) is 25.2 Å². The largest absolute Gasteiger partial charge is 0.363 e. The van der Waals surface area contributed by atoms with Crippen molar-refractivity contribution in [3.8, 4) is 0 Å². The van der Waals surface area contributed by atoms with Gasteiger partial charge in [0.25, 0.3) is 5.91 Å². The quantitative estimate of drug-likeness (QED) is 0.421. The molecule has 0 aromatic heterocycles. The number of amides is 4. The van der Waals surface area contributed by atoms with E-state index < -0.39 is 29.7 Å². The molecule has 3 fully saturated rings. The summed E-state index contributed by atoms with van der Waals surface area (Å²) in [5.41, 5.74) is 5.09. The van der Waals surface area contributed by atoms with Crippen LogP contribution in [0.2, 0.25) is 0 Å². The first kappa shape index (κ1) is 32.5. The number of carbonyl (C=O) groups is 5. The van der Waals surface area contributed by atoms with Crippen molar-refractivity contribution in [2.75, 3.05) is 13.1 Å². The molecule has 0 spiro atoms. The molecule has 2 saturated carbocycles. The summed E-state index contributed by atoms with van der Waals surface area (Å²) in [6.07, 6.45) is 9.18. The van der Waals surface area contributed by atoms with E-state index >= 15 is 0 Å². The Morgan fingerprint density at radius 2 is 1.49 bits per heavy atom. The van der Waals surface area contributed by atoms with Gasteiger partial charge in [-0.25, -0.2) is 0 Å². The lowest BCUT2D eigenvalue weighted by Gasteiger charge is -2.26. The highest BCUT2D eigenvalue weighted by Gasteiger charge is 2.38. The number of hydrogen-bond acceptors (Lipinski definition) is 5. The SMILES string of the molecule is C1CC1.CC.CC(C)C(=O)NCC(=O)N1CCCC1C(=O)NC(CC1CC1)C(=O)C(N)=O.CCC. The molecule has 4 N–H and O–H groups in total. The van der Waals surface area contributed by atoms with Crippen molar-refractivity contribution in [2.45, 2.75) is 111 Å². The second kappa shape index (κ2) is 17.9. The van der Waals surface area contributed by atoms with E-state index in [0.29, 0.717) is 31.7 Å². The first-order valence-electron chi connectivity index (χ1n) is 13.3. The van der Waals surface area contributed by atoms with E-state index in [1.165, 1.54) is 30.6 Å². The van der Waals surface area contributed by atoms with Crippen molar-refractivity contribution < 1.29 is 24.0 Å². The molecule has 4 amide bonds. The number of carbonyl (C=O) groups excluding carboxylic acids is 5. The van der Waals surface area contributed by atoms with Gasteiger partial charge in [0.15, 0.2) is 0 Å². The van der Waals surface area contributed by atoms with Gasteiger partial charge in [-0.15, -0.1) is 0 Å². The molecule has 3 aliphatic rings. The molecule has 3 rings (SSSR count). The maximum atomic E-state index is 12.6. The number of nitrogens with zero attached hydrogens (tertiary/aromatic N) is 1. The zero-order valence-electron chi connectivity index (χ0n) is 22.7. The van der Waals surface area contributed by atoms with Crippen LogP contribution in [0.1, 0.15) is 99.3 Å². The van der Waals surface area contributed by atoms with E-state index in [-0.39, 0.29) is 24.3 Å². The highest BCUT2D eigenvalue weighted by molar-refractivity contribution is 6.37. The van der Waals surface area contributed by atoms with E-state index in [1.807, 2.05) is 13.8 Å². The number of nitrogens with two attached hydrogens (primary N) is 1. The molecule has 2 aliphatic carbocycles. The third-order valence-electron chi connectivity index (χ3n) is 5.31. The summed E-state index contributed by atoms with van der Waals surface area (Å²) >= 11 is 0. The second-order valence-electron chi connectivity index (χ2n) is 9.35. The van der Waals surface area contributed by atoms with Crippen molar-refractivity contribution in [3.05, 3.63) is 0 Å². The van der Waals surface area contributed by atoms with Crippen molar-refractivity contribution in [1.29, 1.82) is 0 Å². The summed E-state index contributed by atoms with van der Waals surface area (Å²) in [6.45, 7) is 11.9. The minimum absolute atomic E-state index is 0.174. The lowest BCUT2D eigenvalue weighted by Crippen LogP contribution is -2.54. The number of hydrogen-bond donors (Lipinski definition) is 3. The minimum atomic E-state index is -1.07. The zero-order valence-corrected chi connectivity index (χ0v) is 22.7. The highest BCUT2D eigenvalue weighted by atomic mass is 16.2. The number of ketones is 1. The lowest BCUT2D eigenvalue weighted by atomic mass is 10.0. The van der Waals surface area contributed by atoms with Gasteiger partial charge in [0.1, 0.15) is 6.04 Å². The molecule has 0 aromatic carbocycles. The van der Waals surface area contributed by atoms with Gasteiger partial charge in [0.05, 0.1) is 12.6 Å². The normalized spacial score (nSPS) is 18.4. The van der Waals surface area contributed by atoms with Gasteiger partial charge in [0, 0.05) is 12.5 Å². The summed E-state index contributed by atoms with van der Waals surface area (Å²) < 4.78 is 0. The molecule has 2 unspecified atom stereocenters. The Bertz CT molecular complexity index is 686. The monoisotopic (exact) mass is 496 g/mol. The lowest BCUT2D eigenvalue weighted by molar-refractivity contribution is -0.141. The first-order valence-corrected chi connectivity index (χ1v) is 13.3. The van der Waals surface area contributed by atoms with Crippen molar-refractivity contribution in [1.82, 2.24) is 15.5 Å². The van der Waals surface area contributed by atoms with Crippen LogP contribution in [-0.2, 0) is 24.0 Å². The smallest absolute Gasteiger partial charge is 0.287 e. The number of Topliss-reactive ketones (excluding diaryl/α,β-unsaturated/α-hetero) is 1. The van der Waals surface area contributed by atoms with E-state index in [2.05, 4.69) is 24.5 Å². The van der Waals surface area contributed by atoms with Gasteiger partial charge in [-0.3, -0.25) is 24.0 Å². The fourth-order valence-corrected chi connectivity index (χ4v) is 3.16. The van der Waals surface area contributed by atoms with Gasteiger partial charge in [-0.1, -0.05) is 80.1 Å². The average Bonchev–Trinajstić information content (AvgIpc) is 3.77. The summed E-state index contributed by atoms with van der Waals surface area (Å²) in [4.78, 5) is 61.3. The molecule has 1 saturated heterocycles. The Morgan fingerprint density at radius 3 is 1.91 bits per heavy atom. The fraction of sp³-hybridized carbons (Fsp3) is 0.808. The van der Waals surface area contributed by atoms with Crippen LogP contribution in [0.25, 0.3) is 0 Å². The predicted molar refractivity (Wildman–Crippen MR) is 137 cm³/mol. The van der Waals surface area contributed by atoms with Crippen LogP contribution < -0.4 is 16.4 Å². The Morgan fingerprint density at radius 1 is 0.943 bits per heavy atom. The topological polar surface area (TPSA) is 139 Å². The molecule has 0 radical (unpaired) electrons. The van der Waals surface area contributed by atoms with Crippen LogP contribution >= 0.6 is 0 Å². The molecule has 0 aromatic rings. The second-order valence-corrected chi connectivity index (χ2v) is 9.35. The van der Waals surface area contributed by atoms with Crippen LogP contribution in [0.5, 0.6) is 0 Å². The molecular weight excluding hydrogens is 448 g/mol. The van der Waals surface area contributed by atoms with E-state index in [0.717, 1.165) is 12.8 Å². The first-order chi connectivity index (χ1) is 16.6. The number of rotatable bonds is 9. The predicted octanol–water partition coefficient (Wildman–Crippen LogP) is 2.70. The van der Waals surface area contributed by atoms with Gasteiger partial charge in [0.2, 0.25) is 23.5 Å². The molecule has 1 aliphatic heterocycles. The third kappa shape index (κ3) is 13.9. The standard InChI is InChI=1S/C18H28N4O5.C3H6.C3H8.C2H6/c1-10(2)17(26)20-9-14(23)22-7-3-4-13(22)18(27)21-12(8-11-5-6-11)15(24)16(19)25;1-2-3-1;1-3-2;1-2/h10-13H,3-9H2,1-2H3,(H2,19,25)(H,20,26)(H,21,27);1-3H2;3H2,1-2H3;1-2H3. The maximum absolute atomic E-state index is 12.6. The summed E-state index contributed by atoms with van der Waals surface area (Å²) in [7, 11) is 0. The van der Waals surface area contributed by atoms with Crippen LogP contribution in [0.3, 0.4) is 0 Å².